The molecule has 2 aromatic rings. The molecule has 0 unspecified atom stereocenters. The number of ether oxygens (including phenoxy) is 2. The molecule has 2 aromatic carbocycles. The average Bonchev–Trinajstić information content (AvgIpc) is 2.55. The second-order valence-corrected chi connectivity index (χ2v) is 10.4. The molecule has 0 fully saturated rings. The van der Waals surface area contributed by atoms with Gasteiger partial charge in [0.15, 0.2) is 5.75 Å². The van der Waals surface area contributed by atoms with Crippen LogP contribution in [-0.4, -0.2) is 6.16 Å². The van der Waals surface area contributed by atoms with Crippen LogP contribution in [0.1, 0.15) is 0 Å². The van der Waals surface area contributed by atoms with Crippen LogP contribution in [-0.2, 0) is 0 Å². The zero-order chi connectivity index (χ0) is 18.2. The Labute approximate surface area is 204 Å². The minimum absolute atomic E-state index is 0.272. The molecule has 0 amide bonds. The lowest BCUT2D eigenvalue weighted by Crippen LogP contribution is -2.15. The number of carbonyl (C=O) groups excluding carboxylic acids is 1. The highest BCUT2D eigenvalue weighted by Crippen LogP contribution is 2.48. The summed E-state index contributed by atoms with van der Waals surface area (Å²) in [4.78, 5) is 12.2. The topological polar surface area (TPSA) is 35.5 Å². The van der Waals surface area contributed by atoms with E-state index in [9.17, 15) is 4.79 Å². The van der Waals surface area contributed by atoms with E-state index in [0.717, 1.165) is 13.4 Å². The van der Waals surface area contributed by atoms with Gasteiger partial charge in [-0.05, 0) is 140 Å². The molecule has 0 radical (unpaired) electrons. The van der Waals surface area contributed by atoms with Crippen LogP contribution >= 0.6 is 127 Å². The van der Waals surface area contributed by atoms with Crippen LogP contribution in [0.5, 0.6) is 11.5 Å². The van der Waals surface area contributed by atoms with E-state index in [2.05, 4.69) is 127 Å². The summed E-state index contributed by atoms with van der Waals surface area (Å²) in [6, 6.07) is 3.38. The van der Waals surface area contributed by atoms with Crippen LogP contribution in [0.15, 0.2) is 47.9 Å². The molecule has 0 aromatic heterocycles. The Hall–Kier alpha value is 1.55. The Bertz CT molecular complexity index is 808. The molecule has 0 spiro atoms. The first-order valence-electron chi connectivity index (χ1n) is 5.69. The second-order valence-electron chi connectivity index (χ2n) is 4.03. The molecule has 0 N–H and O–H groups in total. The fraction of sp³-hybridized carbons (Fsp3) is 0. The van der Waals surface area contributed by atoms with Gasteiger partial charge in [0, 0.05) is 13.4 Å². The molecule has 3 nitrogen and oxygen atoms in total. The van der Waals surface area contributed by atoms with Crippen molar-refractivity contribution in [3.05, 3.63) is 47.9 Å². The van der Waals surface area contributed by atoms with Gasteiger partial charge in [-0.3, -0.25) is 0 Å². The largest absolute Gasteiger partial charge is 0.519 e. The maximum atomic E-state index is 12.2. The Kier molecular flexibility index (Phi) is 8.34. The molecular formula is C13H2Br8O3. The summed E-state index contributed by atoms with van der Waals surface area (Å²) in [7, 11) is 0. The Morgan fingerprint density at radius 1 is 0.625 bits per heavy atom. The van der Waals surface area contributed by atoms with E-state index in [1.807, 2.05) is 0 Å². The summed E-state index contributed by atoms with van der Waals surface area (Å²) in [5, 5.41) is 0. The first-order chi connectivity index (χ1) is 11.1. The van der Waals surface area contributed by atoms with Crippen molar-refractivity contribution < 1.29 is 14.3 Å². The highest BCUT2D eigenvalue weighted by Gasteiger charge is 2.22. The van der Waals surface area contributed by atoms with Gasteiger partial charge < -0.3 is 9.47 Å². The maximum absolute atomic E-state index is 12.2. The SMILES string of the molecule is O=C(Oc1ccc(Br)c(Br)c1Br)Oc1c(Br)c(Br)c(Br)c(Br)c1Br. The number of hydrogen-bond acceptors (Lipinski definition) is 3. The van der Waals surface area contributed by atoms with Crippen molar-refractivity contribution >= 4 is 134 Å². The predicted octanol–water partition coefficient (Wildman–Crippen LogP) is 9.36. The van der Waals surface area contributed by atoms with Gasteiger partial charge in [0.05, 0.1) is 22.4 Å². The summed E-state index contributed by atoms with van der Waals surface area (Å²) in [6.07, 6.45) is -0.882. The molecule has 0 atom stereocenters. The Balaban J connectivity index is 2.30. The lowest BCUT2D eigenvalue weighted by atomic mass is 10.3. The van der Waals surface area contributed by atoms with Crippen LogP contribution in [0.25, 0.3) is 0 Å². The van der Waals surface area contributed by atoms with Gasteiger partial charge in [-0.1, -0.05) is 0 Å². The molecule has 0 saturated heterocycles. The average molecular weight is 845 g/mol. The fourth-order valence-corrected chi connectivity index (χ4v) is 5.98. The van der Waals surface area contributed by atoms with Crippen LogP contribution in [0.2, 0.25) is 0 Å². The third-order valence-corrected chi connectivity index (χ3v) is 11.9. The van der Waals surface area contributed by atoms with Crippen molar-refractivity contribution in [2.75, 3.05) is 0 Å². The summed E-state index contributed by atoms with van der Waals surface area (Å²) in [5.74, 6) is 0.590. The normalized spacial score (nSPS) is 10.7. The van der Waals surface area contributed by atoms with Gasteiger partial charge in [0.2, 0.25) is 0 Å². The van der Waals surface area contributed by atoms with E-state index in [0.29, 0.717) is 28.1 Å². The highest BCUT2D eigenvalue weighted by atomic mass is 79.9. The third-order valence-electron chi connectivity index (χ3n) is 2.55. The smallest absolute Gasteiger partial charge is 0.393 e. The minimum Gasteiger partial charge on any atom is -0.393 e. The number of carbonyl (C=O) groups is 1. The van der Waals surface area contributed by atoms with Crippen molar-refractivity contribution in [3.8, 4) is 11.5 Å². The standard InChI is InChI=1S/C13H2Br8O3/c14-3-1-2-4(6(16)5(3)15)23-13(22)24-12-10(20)8(18)7(17)9(19)11(12)21/h1-2H. The Morgan fingerprint density at radius 3 is 1.67 bits per heavy atom. The van der Waals surface area contributed by atoms with Gasteiger partial charge in [-0.25, -0.2) is 4.79 Å². The molecule has 0 heterocycles. The van der Waals surface area contributed by atoms with E-state index in [1.165, 1.54) is 0 Å². The van der Waals surface area contributed by atoms with Crippen molar-refractivity contribution in [1.82, 2.24) is 0 Å². The van der Waals surface area contributed by atoms with E-state index >= 15 is 0 Å². The first-order valence-corrected chi connectivity index (χ1v) is 12.0. The van der Waals surface area contributed by atoms with Crippen molar-refractivity contribution in [2.45, 2.75) is 0 Å². The van der Waals surface area contributed by atoms with Gasteiger partial charge in [0.25, 0.3) is 0 Å². The fourth-order valence-electron chi connectivity index (χ4n) is 1.46. The third kappa shape index (κ3) is 4.69. The van der Waals surface area contributed by atoms with Crippen LogP contribution in [0, 0.1) is 0 Å². The molecule has 128 valence electrons. The van der Waals surface area contributed by atoms with E-state index in [-0.39, 0.29) is 5.75 Å². The van der Waals surface area contributed by atoms with E-state index in [1.54, 1.807) is 12.1 Å². The molecule has 2 rings (SSSR count). The van der Waals surface area contributed by atoms with Gasteiger partial charge in [0.1, 0.15) is 5.75 Å². The van der Waals surface area contributed by atoms with Crippen molar-refractivity contribution in [2.24, 2.45) is 0 Å². The van der Waals surface area contributed by atoms with Gasteiger partial charge >= 0.3 is 6.16 Å². The summed E-state index contributed by atoms with van der Waals surface area (Å²) >= 11 is 27.1. The highest BCUT2D eigenvalue weighted by molar-refractivity contribution is 9.16. The molecule has 24 heavy (non-hydrogen) atoms. The molecule has 0 saturated carbocycles. The zero-order valence-electron chi connectivity index (χ0n) is 10.9. The molecule has 0 aliphatic rings. The quantitative estimate of drug-likeness (QED) is 0.131. The van der Waals surface area contributed by atoms with E-state index in [4.69, 9.17) is 9.47 Å². The summed E-state index contributed by atoms with van der Waals surface area (Å²) in [6.45, 7) is 0. The summed E-state index contributed by atoms with van der Waals surface area (Å²) in [5.41, 5.74) is 0. The predicted molar refractivity (Wildman–Crippen MR) is 121 cm³/mol. The lowest BCUT2D eigenvalue weighted by Gasteiger charge is -2.14. The summed E-state index contributed by atoms with van der Waals surface area (Å²) < 4.78 is 16.0. The number of hydrogen-bond donors (Lipinski definition) is 0. The molecule has 0 aliphatic carbocycles. The Morgan fingerprint density at radius 2 is 1.12 bits per heavy atom. The van der Waals surface area contributed by atoms with Gasteiger partial charge in [-0.15, -0.1) is 0 Å². The van der Waals surface area contributed by atoms with Crippen LogP contribution in [0.3, 0.4) is 0 Å². The number of benzene rings is 2. The van der Waals surface area contributed by atoms with Crippen LogP contribution in [0.4, 0.5) is 4.79 Å². The van der Waals surface area contributed by atoms with Gasteiger partial charge in [-0.2, -0.15) is 0 Å². The molecule has 0 aliphatic heterocycles. The number of halogens is 8. The monoisotopic (exact) mass is 837 g/mol. The second kappa shape index (κ2) is 9.16. The zero-order valence-corrected chi connectivity index (χ0v) is 23.6. The van der Waals surface area contributed by atoms with E-state index < -0.39 is 6.16 Å². The number of rotatable bonds is 2. The lowest BCUT2D eigenvalue weighted by molar-refractivity contribution is 0.151. The van der Waals surface area contributed by atoms with Crippen molar-refractivity contribution in [1.29, 1.82) is 0 Å². The van der Waals surface area contributed by atoms with Crippen molar-refractivity contribution in [3.63, 3.8) is 0 Å². The molecular weight excluding hydrogens is 843 g/mol. The first kappa shape index (κ1) is 21.8. The molecule has 11 heteroatoms. The molecule has 0 bridgehead atoms. The minimum atomic E-state index is -0.882. The van der Waals surface area contributed by atoms with Crippen LogP contribution < -0.4 is 9.47 Å². The maximum Gasteiger partial charge on any atom is 0.519 e.